The van der Waals surface area contributed by atoms with Crippen LogP contribution in [0.1, 0.15) is 10.4 Å². The Morgan fingerprint density at radius 2 is 1.45 bits per heavy atom. The maximum atomic E-state index is 13.1. The maximum absolute atomic E-state index is 13.1. The van der Waals surface area contributed by atoms with Crippen LogP contribution in [0.3, 0.4) is 0 Å². The molecule has 156 valence electrons. The van der Waals surface area contributed by atoms with Gasteiger partial charge in [-0.25, -0.2) is 4.98 Å². The number of imidazole rings is 1. The zero-order chi connectivity index (χ0) is 21.4. The fourth-order valence-electron chi connectivity index (χ4n) is 3.81. The van der Waals surface area contributed by atoms with Crippen LogP contribution in [0.25, 0.3) is 28.2 Å². The lowest BCUT2D eigenvalue weighted by molar-refractivity contribution is 0.0302. The summed E-state index contributed by atoms with van der Waals surface area (Å²) in [4.78, 5) is 19.7. The van der Waals surface area contributed by atoms with Crippen LogP contribution in [0.2, 0.25) is 10.0 Å². The quantitative estimate of drug-likeness (QED) is 0.416. The molecule has 1 amide bonds. The first-order valence-electron chi connectivity index (χ1n) is 10.0. The number of hydrogen-bond donors (Lipinski definition) is 0. The van der Waals surface area contributed by atoms with Crippen LogP contribution in [-0.2, 0) is 4.74 Å². The normalized spacial score (nSPS) is 14.2. The number of carbonyl (C=O) groups excluding carboxylic acids is 1. The summed E-state index contributed by atoms with van der Waals surface area (Å²) < 4.78 is 7.35. The van der Waals surface area contributed by atoms with E-state index in [1.165, 1.54) is 0 Å². The lowest BCUT2D eigenvalue weighted by atomic mass is 10.0. The van der Waals surface area contributed by atoms with Crippen LogP contribution in [-0.4, -0.2) is 46.5 Å². The first-order chi connectivity index (χ1) is 15.1. The van der Waals surface area contributed by atoms with E-state index in [4.69, 9.17) is 32.9 Å². The molecule has 0 radical (unpaired) electrons. The van der Waals surface area contributed by atoms with Crippen molar-refractivity contribution in [2.24, 2.45) is 0 Å². The minimum Gasteiger partial charge on any atom is -0.378 e. The van der Waals surface area contributed by atoms with Gasteiger partial charge in [0.1, 0.15) is 5.65 Å². The van der Waals surface area contributed by atoms with Gasteiger partial charge in [-0.05, 0) is 36.4 Å². The van der Waals surface area contributed by atoms with Gasteiger partial charge in [0, 0.05) is 40.5 Å². The summed E-state index contributed by atoms with van der Waals surface area (Å²) in [6.45, 7) is 2.33. The summed E-state index contributed by atoms with van der Waals surface area (Å²) in [6, 6.07) is 18.9. The van der Waals surface area contributed by atoms with Crippen molar-refractivity contribution in [1.82, 2.24) is 14.3 Å². The van der Waals surface area contributed by atoms with E-state index in [2.05, 4.69) is 0 Å². The maximum Gasteiger partial charge on any atom is 0.255 e. The molecule has 1 aliphatic rings. The lowest BCUT2D eigenvalue weighted by Gasteiger charge is -2.26. The van der Waals surface area contributed by atoms with Gasteiger partial charge < -0.3 is 9.64 Å². The largest absolute Gasteiger partial charge is 0.378 e. The summed E-state index contributed by atoms with van der Waals surface area (Å²) in [5, 5.41) is 1.33. The monoisotopic (exact) mass is 451 g/mol. The number of ether oxygens (including phenoxy) is 1. The molecule has 0 unspecified atom stereocenters. The zero-order valence-electron chi connectivity index (χ0n) is 16.6. The highest BCUT2D eigenvalue weighted by molar-refractivity contribution is 6.31. The number of amides is 1. The number of rotatable bonds is 3. The van der Waals surface area contributed by atoms with E-state index in [-0.39, 0.29) is 5.91 Å². The van der Waals surface area contributed by atoms with Crippen LogP contribution in [0, 0.1) is 0 Å². The topological polar surface area (TPSA) is 46.8 Å². The Morgan fingerprint density at radius 1 is 0.839 bits per heavy atom. The SMILES string of the molecule is O=C(c1ccc2nc(-c3ccc(Cl)cc3)c(-c3ccc(Cl)cc3)n2c1)N1CCOCC1. The van der Waals surface area contributed by atoms with Crippen LogP contribution in [0.15, 0.2) is 66.9 Å². The summed E-state index contributed by atoms with van der Waals surface area (Å²) in [5.41, 5.74) is 4.98. The first-order valence-corrected chi connectivity index (χ1v) is 10.8. The second-order valence-corrected chi connectivity index (χ2v) is 8.25. The van der Waals surface area contributed by atoms with Crippen molar-refractivity contribution < 1.29 is 9.53 Å². The van der Waals surface area contributed by atoms with Gasteiger partial charge in [0.2, 0.25) is 0 Å². The standard InChI is InChI=1S/C24H19Cl2N3O2/c25-19-6-1-16(2-7-19)22-23(17-3-8-20(26)9-4-17)29-15-18(5-10-21(29)27-22)24(30)28-11-13-31-14-12-28/h1-10,15H,11-14H2. The smallest absolute Gasteiger partial charge is 0.255 e. The third kappa shape index (κ3) is 3.92. The van der Waals surface area contributed by atoms with Gasteiger partial charge >= 0.3 is 0 Å². The van der Waals surface area contributed by atoms with E-state index >= 15 is 0 Å². The Kier molecular flexibility index (Phi) is 5.40. The number of nitrogens with zero attached hydrogens (tertiary/aromatic N) is 3. The number of pyridine rings is 1. The Balaban J connectivity index is 1.67. The third-order valence-corrected chi connectivity index (χ3v) is 5.90. The molecule has 0 N–H and O–H groups in total. The number of fused-ring (bicyclic) bond motifs is 1. The minimum absolute atomic E-state index is 0.00556. The molecule has 1 aliphatic heterocycles. The Bertz CT molecular complexity index is 1240. The molecule has 0 aliphatic carbocycles. The lowest BCUT2D eigenvalue weighted by Crippen LogP contribution is -2.40. The molecule has 0 atom stereocenters. The molecule has 7 heteroatoms. The van der Waals surface area contributed by atoms with Gasteiger partial charge in [-0.3, -0.25) is 9.20 Å². The van der Waals surface area contributed by atoms with Crippen LogP contribution in [0.4, 0.5) is 0 Å². The molecule has 2 aromatic heterocycles. The molecule has 0 saturated carbocycles. The van der Waals surface area contributed by atoms with Gasteiger partial charge in [0.05, 0.1) is 30.2 Å². The molecule has 4 aromatic rings. The second kappa shape index (κ2) is 8.35. The number of carbonyl (C=O) groups is 1. The highest BCUT2D eigenvalue weighted by atomic mass is 35.5. The van der Waals surface area contributed by atoms with E-state index in [0.29, 0.717) is 41.9 Å². The molecule has 0 bridgehead atoms. The van der Waals surface area contributed by atoms with E-state index in [1.54, 1.807) is 0 Å². The van der Waals surface area contributed by atoms with E-state index < -0.39 is 0 Å². The summed E-state index contributed by atoms with van der Waals surface area (Å²) in [7, 11) is 0. The molecule has 5 rings (SSSR count). The van der Waals surface area contributed by atoms with Gasteiger partial charge in [0.25, 0.3) is 5.91 Å². The van der Waals surface area contributed by atoms with Crippen molar-refractivity contribution in [1.29, 1.82) is 0 Å². The van der Waals surface area contributed by atoms with Crippen molar-refractivity contribution in [3.63, 3.8) is 0 Å². The number of morpholine rings is 1. The average Bonchev–Trinajstić information content (AvgIpc) is 3.19. The van der Waals surface area contributed by atoms with Crippen molar-refractivity contribution in [3.05, 3.63) is 82.5 Å². The van der Waals surface area contributed by atoms with Gasteiger partial charge in [-0.2, -0.15) is 0 Å². The highest BCUT2D eigenvalue weighted by Gasteiger charge is 2.21. The molecule has 1 saturated heterocycles. The Hall–Kier alpha value is -2.86. The predicted octanol–water partition coefficient (Wildman–Crippen LogP) is 5.45. The minimum atomic E-state index is -0.00556. The Labute approximate surface area is 189 Å². The van der Waals surface area contributed by atoms with Gasteiger partial charge in [0.15, 0.2) is 0 Å². The van der Waals surface area contributed by atoms with Crippen molar-refractivity contribution in [2.45, 2.75) is 0 Å². The van der Waals surface area contributed by atoms with Crippen molar-refractivity contribution in [2.75, 3.05) is 26.3 Å². The fraction of sp³-hybridized carbons (Fsp3) is 0.167. The zero-order valence-corrected chi connectivity index (χ0v) is 18.1. The molecule has 1 fully saturated rings. The van der Waals surface area contributed by atoms with Crippen LogP contribution in [0.5, 0.6) is 0 Å². The van der Waals surface area contributed by atoms with E-state index in [0.717, 1.165) is 28.2 Å². The number of benzene rings is 2. The fourth-order valence-corrected chi connectivity index (χ4v) is 4.06. The van der Waals surface area contributed by atoms with Crippen molar-refractivity contribution >= 4 is 34.8 Å². The average molecular weight is 452 g/mol. The number of aromatic nitrogens is 2. The van der Waals surface area contributed by atoms with Crippen LogP contribution < -0.4 is 0 Å². The van der Waals surface area contributed by atoms with Crippen molar-refractivity contribution in [3.8, 4) is 22.5 Å². The highest BCUT2D eigenvalue weighted by Crippen LogP contribution is 2.34. The van der Waals surface area contributed by atoms with E-state index in [9.17, 15) is 4.79 Å². The molecule has 31 heavy (non-hydrogen) atoms. The molecular formula is C24H19Cl2N3O2. The molecular weight excluding hydrogens is 433 g/mol. The van der Waals surface area contributed by atoms with Gasteiger partial charge in [-0.15, -0.1) is 0 Å². The third-order valence-electron chi connectivity index (χ3n) is 5.40. The first kappa shape index (κ1) is 20.1. The predicted molar refractivity (Wildman–Crippen MR) is 123 cm³/mol. The molecule has 2 aromatic carbocycles. The molecule has 5 nitrogen and oxygen atoms in total. The number of hydrogen-bond acceptors (Lipinski definition) is 3. The molecule has 0 spiro atoms. The van der Waals surface area contributed by atoms with E-state index in [1.807, 2.05) is 76.2 Å². The second-order valence-electron chi connectivity index (χ2n) is 7.37. The van der Waals surface area contributed by atoms with Gasteiger partial charge in [-0.1, -0.05) is 47.5 Å². The Morgan fingerprint density at radius 3 is 2.10 bits per heavy atom. The summed E-state index contributed by atoms with van der Waals surface area (Å²) in [5.74, 6) is -0.00556. The summed E-state index contributed by atoms with van der Waals surface area (Å²) in [6.07, 6.45) is 1.86. The number of halogens is 2. The summed E-state index contributed by atoms with van der Waals surface area (Å²) >= 11 is 12.2. The molecule has 3 heterocycles. The van der Waals surface area contributed by atoms with Crippen LogP contribution >= 0.6 is 23.2 Å².